The van der Waals surface area contributed by atoms with Gasteiger partial charge in [0, 0.05) is 41.5 Å². The molecule has 1 fully saturated rings. The van der Waals surface area contributed by atoms with Gasteiger partial charge in [0.05, 0.1) is 10.6 Å². The van der Waals surface area contributed by atoms with Gasteiger partial charge in [0.1, 0.15) is 0 Å². The molecule has 5 nitrogen and oxygen atoms in total. The lowest BCUT2D eigenvalue weighted by molar-refractivity contribution is 0.346. The lowest BCUT2D eigenvalue weighted by atomic mass is 10.1. The third-order valence-corrected chi connectivity index (χ3v) is 6.99. The monoisotopic (exact) mass is 381 g/mol. The fourth-order valence-electron chi connectivity index (χ4n) is 3.56. The second-order valence-corrected chi connectivity index (χ2v) is 8.86. The van der Waals surface area contributed by atoms with Crippen molar-refractivity contribution in [3.05, 3.63) is 59.8 Å². The first kappa shape index (κ1) is 17.9. The van der Waals surface area contributed by atoms with E-state index in [1.807, 2.05) is 31.3 Å². The number of hydrogen-bond acceptors (Lipinski definition) is 3. The van der Waals surface area contributed by atoms with Crippen molar-refractivity contribution in [3.8, 4) is 0 Å². The molecule has 0 unspecified atom stereocenters. The van der Waals surface area contributed by atoms with Gasteiger partial charge in [0.15, 0.2) is 0 Å². The number of nitrogens with one attached hydrogen (secondary N) is 1. The summed E-state index contributed by atoms with van der Waals surface area (Å²) in [4.78, 5) is 8.23. The maximum Gasteiger partial charge on any atom is 0.243 e. The summed E-state index contributed by atoms with van der Waals surface area (Å²) in [6.07, 6.45) is 4.81. The van der Waals surface area contributed by atoms with Crippen molar-refractivity contribution in [1.29, 1.82) is 0 Å². The summed E-state index contributed by atoms with van der Waals surface area (Å²) in [6, 6.07) is 14.9. The van der Waals surface area contributed by atoms with E-state index < -0.39 is 10.0 Å². The maximum atomic E-state index is 12.7. The third kappa shape index (κ3) is 3.55. The van der Waals surface area contributed by atoms with Gasteiger partial charge in [-0.2, -0.15) is 4.31 Å². The standard InChI is InChI=1S/C21H23N3O2S/c1-16-20(19-7-3-4-8-21(19)23-16)15-22-17-9-11-18(12-10-17)27(25,26)24-13-5-2-6-14-24/h3-4,7-12,15,23H,2,5-6,13-14H2,1H3. The molecule has 2 heterocycles. The second kappa shape index (κ2) is 7.29. The molecule has 1 saturated heterocycles. The predicted molar refractivity (Wildman–Crippen MR) is 109 cm³/mol. The van der Waals surface area contributed by atoms with E-state index >= 15 is 0 Å². The van der Waals surface area contributed by atoms with Crippen LogP contribution in [0, 0.1) is 6.92 Å². The summed E-state index contributed by atoms with van der Waals surface area (Å²) in [5.74, 6) is 0. The molecule has 0 amide bonds. The number of aryl methyl sites for hydroxylation is 1. The molecule has 1 N–H and O–H groups in total. The van der Waals surface area contributed by atoms with Gasteiger partial charge in [-0.3, -0.25) is 4.99 Å². The van der Waals surface area contributed by atoms with Gasteiger partial charge in [0.25, 0.3) is 0 Å². The second-order valence-electron chi connectivity index (χ2n) is 6.93. The highest BCUT2D eigenvalue weighted by Gasteiger charge is 2.25. The number of aromatic nitrogens is 1. The Kier molecular flexibility index (Phi) is 4.85. The van der Waals surface area contributed by atoms with Crippen molar-refractivity contribution in [2.24, 2.45) is 4.99 Å². The van der Waals surface area contributed by atoms with Gasteiger partial charge in [-0.05, 0) is 50.1 Å². The Morgan fingerprint density at radius 3 is 2.44 bits per heavy atom. The number of nitrogens with zero attached hydrogens (tertiary/aromatic N) is 2. The molecule has 2 aromatic carbocycles. The zero-order chi connectivity index (χ0) is 18.9. The smallest absolute Gasteiger partial charge is 0.243 e. The number of sulfonamides is 1. The number of rotatable bonds is 4. The summed E-state index contributed by atoms with van der Waals surface area (Å²) < 4.78 is 27.0. The Balaban J connectivity index is 1.57. The average Bonchev–Trinajstić information content (AvgIpc) is 3.02. The van der Waals surface area contributed by atoms with E-state index in [1.165, 1.54) is 0 Å². The number of fused-ring (bicyclic) bond motifs is 1. The van der Waals surface area contributed by atoms with E-state index in [2.05, 4.69) is 16.0 Å². The fourth-order valence-corrected chi connectivity index (χ4v) is 5.08. The molecule has 1 aliphatic heterocycles. The summed E-state index contributed by atoms with van der Waals surface area (Å²) in [5, 5.41) is 1.13. The van der Waals surface area contributed by atoms with Gasteiger partial charge >= 0.3 is 0 Å². The van der Waals surface area contributed by atoms with Crippen molar-refractivity contribution in [2.45, 2.75) is 31.1 Å². The topological polar surface area (TPSA) is 65.5 Å². The zero-order valence-electron chi connectivity index (χ0n) is 15.4. The lowest BCUT2D eigenvalue weighted by Crippen LogP contribution is -2.35. The van der Waals surface area contributed by atoms with Crippen molar-refractivity contribution in [2.75, 3.05) is 13.1 Å². The van der Waals surface area contributed by atoms with Gasteiger partial charge in [-0.1, -0.05) is 24.6 Å². The highest BCUT2D eigenvalue weighted by atomic mass is 32.2. The molecule has 0 aliphatic carbocycles. The fraction of sp³-hybridized carbons (Fsp3) is 0.286. The van der Waals surface area contributed by atoms with Crippen LogP contribution in [0.1, 0.15) is 30.5 Å². The van der Waals surface area contributed by atoms with Gasteiger partial charge in [-0.15, -0.1) is 0 Å². The molecule has 6 heteroatoms. The molecular weight excluding hydrogens is 358 g/mol. The number of para-hydroxylation sites is 1. The first-order valence-corrected chi connectivity index (χ1v) is 10.7. The van der Waals surface area contributed by atoms with Gasteiger partial charge in [-0.25, -0.2) is 8.42 Å². The Labute approximate surface area is 159 Å². The Morgan fingerprint density at radius 1 is 1.00 bits per heavy atom. The Hall–Kier alpha value is -2.44. The number of H-pyrrole nitrogens is 1. The Morgan fingerprint density at radius 2 is 1.70 bits per heavy atom. The normalized spacial score (nSPS) is 16.3. The van der Waals surface area contributed by atoms with Crippen LogP contribution in [0.25, 0.3) is 10.9 Å². The molecule has 140 valence electrons. The first-order chi connectivity index (χ1) is 13.1. The molecule has 0 bridgehead atoms. The number of hydrogen-bond donors (Lipinski definition) is 1. The quantitative estimate of drug-likeness (QED) is 0.681. The zero-order valence-corrected chi connectivity index (χ0v) is 16.2. The van der Waals surface area contributed by atoms with Crippen molar-refractivity contribution in [3.63, 3.8) is 0 Å². The van der Waals surface area contributed by atoms with Crippen molar-refractivity contribution >= 4 is 32.8 Å². The molecule has 27 heavy (non-hydrogen) atoms. The van der Waals surface area contributed by atoms with Crippen LogP contribution in [0.3, 0.4) is 0 Å². The highest BCUT2D eigenvalue weighted by molar-refractivity contribution is 7.89. The van der Waals surface area contributed by atoms with Gasteiger partial charge in [0.2, 0.25) is 10.0 Å². The highest BCUT2D eigenvalue weighted by Crippen LogP contribution is 2.24. The van der Waals surface area contributed by atoms with Crippen LogP contribution in [0.15, 0.2) is 58.4 Å². The minimum Gasteiger partial charge on any atom is -0.358 e. The summed E-state index contributed by atoms with van der Waals surface area (Å²) in [7, 11) is -3.40. The molecule has 4 rings (SSSR count). The van der Waals surface area contributed by atoms with Crippen LogP contribution >= 0.6 is 0 Å². The predicted octanol–water partition coefficient (Wildman–Crippen LogP) is 4.40. The molecule has 0 spiro atoms. The third-order valence-electron chi connectivity index (χ3n) is 5.08. The average molecular weight is 382 g/mol. The number of aromatic amines is 1. The largest absolute Gasteiger partial charge is 0.358 e. The lowest BCUT2D eigenvalue weighted by Gasteiger charge is -2.25. The molecule has 1 aromatic heterocycles. The van der Waals surface area contributed by atoms with E-state index in [-0.39, 0.29) is 0 Å². The minimum atomic E-state index is -3.40. The van der Waals surface area contributed by atoms with E-state index in [1.54, 1.807) is 28.6 Å². The number of piperidine rings is 1. The van der Waals surface area contributed by atoms with Crippen molar-refractivity contribution < 1.29 is 8.42 Å². The van der Waals surface area contributed by atoms with E-state index in [0.717, 1.165) is 47.1 Å². The summed E-state index contributed by atoms with van der Waals surface area (Å²) in [6.45, 7) is 3.25. The SMILES string of the molecule is Cc1[nH]c2ccccc2c1C=Nc1ccc(S(=O)(=O)N2CCCCC2)cc1. The molecule has 0 radical (unpaired) electrons. The first-order valence-electron chi connectivity index (χ1n) is 9.27. The van der Waals surface area contributed by atoms with Crippen LogP contribution in [-0.4, -0.2) is 37.0 Å². The summed E-state index contributed by atoms with van der Waals surface area (Å²) in [5.41, 5.74) is 3.93. The van der Waals surface area contributed by atoms with E-state index in [0.29, 0.717) is 18.0 Å². The molecule has 3 aromatic rings. The van der Waals surface area contributed by atoms with Crippen LogP contribution < -0.4 is 0 Å². The van der Waals surface area contributed by atoms with E-state index in [9.17, 15) is 8.42 Å². The van der Waals surface area contributed by atoms with E-state index in [4.69, 9.17) is 0 Å². The van der Waals surface area contributed by atoms with Crippen LogP contribution in [0.4, 0.5) is 5.69 Å². The number of benzene rings is 2. The minimum absolute atomic E-state index is 0.339. The molecule has 0 atom stereocenters. The molecular formula is C21H23N3O2S. The van der Waals surface area contributed by atoms with Gasteiger partial charge < -0.3 is 4.98 Å². The van der Waals surface area contributed by atoms with Crippen LogP contribution in [0.5, 0.6) is 0 Å². The molecule has 1 aliphatic rings. The molecule has 0 saturated carbocycles. The summed E-state index contributed by atoms with van der Waals surface area (Å²) >= 11 is 0. The Bertz CT molecular complexity index is 1080. The van der Waals surface area contributed by atoms with Crippen LogP contribution in [0.2, 0.25) is 0 Å². The maximum absolute atomic E-state index is 12.7. The number of aliphatic imine (C=N–C) groups is 1. The van der Waals surface area contributed by atoms with Crippen LogP contribution in [-0.2, 0) is 10.0 Å². The van der Waals surface area contributed by atoms with Crippen molar-refractivity contribution in [1.82, 2.24) is 9.29 Å².